The smallest absolute Gasteiger partial charge is 0.242 e. The Morgan fingerprint density at radius 2 is 2.30 bits per heavy atom. The zero-order chi connectivity index (χ0) is 16.2. The van der Waals surface area contributed by atoms with Crippen LogP contribution in [0.1, 0.15) is 24.6 Å². The monoisotopic (exact) mass is 321 g/mol. The first kappa shape index (κ1) is 15.9. The summed E-state index contributed by atoms with van der Waals surface area (Å²) in [5.41, 5.74) is 0. The largest absolute Gasteiger partial charge is 0.341 e. The molecule has 8 heteroatoms. The van der Waals surface area contributed by atoms with Gasteiger partial charge in [0.05, 0.1) is 13.1 Å². The van der Waals surface area contributed by atoms with Gasteiger partial charge in [-0.05, 0) is 18.8 Å². The molecule has 3 rings (SSSR count). The maximum absolute atomic E-state index is 12.5. The average molecular weight is 321 g/mol. The van der Waals surface area contributed by atoms with Crippen molar-refractivity contribution >= 4 is 11.8 Å². The van der Waals surface area contributed by atoms with Gasteiger partial charge >= 0.3 is 0 Å². The number of aromatic nitrogens is 2. The molecule has 2 saturated heterocycles. The van der Waals surface area contributed by atoms with E-state index in [1.807, 2.05) is 4.90 Å². The molecule has 0 radical (unpaired) electrons. The van der Waals surface area contributed by atoms with Gasteiger partial charge in [0.2, 0.25) is 17.7 Å². The molecule has 1 aromatic rings. The number of piperidine rings is 1. The van der Waals surface area contributed by atoms with Gasteiger partial charge in [-0.3, -0.25) is 9.59 Å². The molecule has 23 heavy (non-hydrogen) atoms. The molecule has 126 valence electrons. The Morgan fingerprint density at radius 3 is 3.04 bits per heavy atom. The molecule has 2 fully saturated rings. The van der Waals surface area contributed by atoms with Gasteiger partial charge in [-0.25, -0.2) is 0 Å². The van der Waals surface area contributed by atoms with Crippen molar-refractivity contribution in [3.05, 3.63) is 11.7 Å². The Labute approximate surface area is 135 Å². The second-order valence-corrected chi connectivity index (χ2v) is 6.27. The van der Waals surface area contributed by atoms with Crippen molar-refractivity contribution in [2.24, 2.45) is 5.92 Å². The lowest BCUT2D eigenvalue weighted by Crippen LogP contribution is -2.53. The summed E-state index contributed by atoms with van der Waals surface area (Å²) in [6.07, 6.45) is 2.76. The van der Waals surface area contributed by atoms with E-state index in [0.29, 0.717) is 37.3 Å². The molecule has 0 unspecified atom stereocenters. The van der Waals surface area contributed by atoms with E-state index in [1.165, 1.54) is 0 Å². The number of amides is 2. The van der Waals surface area contributed by atoms with E-state index in [-0.39, 0.29) is 18.4 Å². The van der Waals surface area contributed by atoms with Gasteiger partial charge in [0.15, 0.2) is 5.82 Å². The van der Waals surface area contributed by atoms with E-state index in [9.17, 15) is 9.59 Å². The number of likely N-dealkylation sites (tertiary alicyclic amines) is 1. The van der Waals surface area contributed by atoms with Crippen molar-refractivity contribution in [1.82, 2.24) is 25.3 Å². The van der Waals surface area contributed by atoms with Gasteiger partial charge in [0, 0.05) is 39.5 Å². The fourth-order valence-electron chi connectivity index (χ4n) is 3.22. The summed E-state index contributed by atoms with van der Waals surface area (Å²) in [5.74, 6) is 1.66. The molecule has 2 aliphatic heterocycles. The highest BCUT2D eigenvalue weighted by molar-refractivity contribution is 5.86. The topological polar surface area (TPSA) is 91.6 Å². The molecule has 2 amide bonds. The second kappa shape index (κ2) is 7.08. The lowest BCUT2D eigenvalue weighted by Gasteiger charge is -2.35. The third-order valence-corrected chi connectivity index (χ3v) is 4.43. The minimum absolute atomic E-state index is 0.000400. The van der Waals surface area contributed by atoms with E-state index < -0.39 is 0 Å². The van der Waals surface area contributed by atoms with Crippen LogP contribution >= 0.6 is 0 Å². The van der Waals surface area contributed by atoms with E-state index in [2.05, 4.69) is 15.5 Å². The number of aryl methyl sites for hydroxylation is 1. The van der Waals surface area contributed by atoms with Crippen molar-refractivity contribution in [3.63, 3.8) is 0 Å². The minimum Gasteiger partial charge on any atom is -0.341 e. The molecule has 0 bridgehead atoms. The predicted octanol–water partition coefficient (Wildman–Crippen LogP) is -0.409. The molecule has 0 aliphatic carbocycles. The van der Waals surface area contributed by atoms with Gasteiger partial charge in [-0.1, -0.05) is 5.16 Å². The Kier molecular flexibility index (Phi) is 4.90. The quantitative estimate of drug-likeness (QED) is 0.811. The number of hydrogen-bond donors (Lipinski definition) is 1. The number of nitrogens with zero attached hydrogens (tertiary/aromatic N) is 4. The molecule has 8 nitrogen and oxygen atoms in total. The summed E-state index contributed by atoms with van der Waals surface area (Å²) in [4.78, 5) is 32.0. The first-order chi connectivity index (χ1) is 11.1. The highest BCUT2D eigenvalue weighted by Crippen LogP contribution is 2.20. The fraction of sp³-hybridized carbons (Fsp3) is 0.733. The van der Waals surface area contributed by atoms with Crippen molar-refractivity contribution in [3.8, 4) is 0 Å². The number of rotatable bonds is 4. The Hall–Kier alpha value is -1.96. The van der Waals surface area contributed by atoms with Gasteiger partial charge in [0.1, 0.15) is 0 Å². The van der Waals surface area contributed by atoms with Gasteiger partial charge < -0.3 is 19.6 Å². The number of hydrogen-bond acceptors (Lipinski definition) is 6. The summed E-state index contributed by atoms with van der Waals surface area (Å²) in [6.45, 7) is 5.11. The highest BCUT2D eigenvalue weighted by atomic mass is 16.5. The molecule has 0 aromatic carbocycles. The van der Waals surface area contributed by atoms with Crippen molar-refractivity contribution in [2.45, 2.75) is 26.2 Å². The van der Waals surface area contributed by atoms with Crippen molar-refractivity contribution in [1.29, 1.82) is 0 Å². The summed E-state index contributed by atoms with van der Waals surface area (Å²) in [5, 5.41) is 6.95. The summed E-state index contributed by atoms with van der Waals surface area (Å²) < 4.78 is 5.00. The zero-order valence-corrected chi connectivity index (χ0v) is 13.5. The lowest BCUT2D eigenvalue weighted by atomic mass is 9.94. The third kappa shape index (κ3) is 4.07. The Balaban J connectivity index is 1.53. The van der Waals surface area contributed by atoms with Crippen LogP contribution in [0, 0.1) is 12.8 Å². The normalized spacial score (nSPS) is 22.5. The summed E-state index contributed by atoms with van der Waals surface area (Å²) >= 11 is 0. The van der Waals surface area contributed by atoms with E-state index >= 15 is 0 Å². The molecule has 1 aromatic heterocycles. The van der Waals surface area contributed by atoms with Crippen LogP contribution in [0.25, 0.3) is 0 Å². The van der Waals surface area contributed by atoms with Crippen LogP contribution in [-0.2, 0) is 16.0 Å². The predicted molar refractivity (Wildman–Crippen MR) is 81.5 cm³/mol. The maximum atomic E-state index is 12.5. The van der Waals surface area contributed by atoms with Gasteiger partial charge in [-0.15, -0.1) is 0 Å². The van der Waals surface area contributed by atoms with Crippen LogP contribution in [0.5, 0.6) is 0 Å². The number of carbonyl (C=O) groups is 2. The Bertz CT molecular complexity index is 573. The molecule has 3 heterocycles. The molecular weight excluding hydrogens is 298 g/mol. The molecule has 1 atom stereocenters. The molecule has 1 N–H and O–H groups in total. The van der Waals surface area contributed by atoms with Crippen LogP contribution < -0.4 is 5.32 Å². The van der Waals surface area contributed by atoms with Crippen LogP contribution in [0.4, 0.5) is 0 Å². The van der Waals surface area contributed by atoms with Crippen molar-refractivity contribution in [2.75, 3.05) is 39.3 Å². The Morgan fingerprint density at radius 1 is 1.43 bits per heavy atom. The molecule has 0 saturated carbocycles. The van der Waals surface area contributed by atoms with Crippen LogP contribution in [0.3, 0.4) is 0 Å². The number of carbonyl (C=O) groups excluding carboxylic acids is 2. The van der Waals surface area contributed by atoms with Gasteiger partial charge in [0.25, 0.3) is 0 Å². The molecule has 2 aliphatic rings. The fourth-order valence-corrected chi connectivity index (χ4v) is 3.22. The zero-order valence-electron chi connectivity index (χ0n) is 13.5. The first-order valence-electron chi connectivity index (χ1n) is 8.17. The SMILES string of the molecule is Cc1nc(C[C@@H]2CCCN(C(=O)CN3CCNCC3=O)C2)no1. The lowest BCUT2D eigenvalue weighted by molar-refractivity contribution is -0.142. The standard InChI is InChI=1S/C15H23N5O3/c1-11-17-13(18-23-11)7-12-3-2-5-19(9-12)15(22)10-20-6-4-16-8-14(20)21/h12,16H,2-10H2,1H3/t12-/m0/s1. The van der Waals surface area contributed by atoms with E-state index in [4.69, 9.17) is 4.52 Å². The summed E-state index contributed by atoms with van der Waals surface area (Å²) in [6, 6.07) is 0. The molecule has 0 spiro atoms. The van der Waals surface area contributed by atoms with E-state index in [0.717, 1.165) is 32.4 Å². The van der Waals surface area contributed by atoms with Crippen molar-refractivity contribution < 1.29 is 14.1 Å². The number of nitrogens with one attached hydrogen (secondary N) is 1. The summed E-state index contributed by atoms with van der Waals surface area (Å²) in [7, 11) is 0. The second-order valence-electron chi connectivity index (χ2n) is 6.27. The molecular formula is C15H23N5O3. The van der Waals surface area contributed by atoms with E-state index in [1.54, 1.807) is 11.8 Å². The number of piperazine rings is 1. The maximum Gasteiger partial charge on any atom is 0.242 e. The van der Waals surface area contributed by atoms with Gasteiger partial charge in [-0.2, -0.15) is 4.98 Å². The van der Waals surface area contributed by atoms with Crippen LogP contribution in [0.15, 0.2) is 4.52 Å². The van der Waals surface area contributed by atoms with Crippen LogP contribution in [-0.4, -0.2) is 71.0 Å². The third-order valence-electron chi connectivity index (χ3n) is 4.43. The average Bonchev–Trinajstić information content (AvgIpc) is 2.95. The van der Waals surface area contributed by atoms with Crippen LogP contribution in [0.2, 0.25) is 0 Å². The highest BCUT2D eigenvalue weighted by Gasteiger charge is 2.28. The first-order valence-corrected chi connectivity index (χ1v) is 8.17. The minimum atomic E-state index is 0.000400.